The number of hydrogen-bond donors (Lipinski definition) is 0. The Morgan fingerprint density at radius 1 is 0.926 bits per heavy atom. The average Bonchev–Trinajstić information content (AvgIpc) is 3.03. The van der Waals surface area contributed by atoms with E-state index in [0.29, 0.717) is 22.6 Å². The van der Waals surface area contributed by atoms with E-state index < -0.39 is 17.5 Å². The van der Waals surface area contributed by atoms with Gasteiger partial charge in [-0.2, -0.15) is 0 Å². The van der Waals surface area contributed by atoms with Gasteiger partial charge in [0, 0.05) is 5.56 Å². The van der Waals surface area contributed by atoms with E-state index in [0.717, 1.165) is 18.2 Å². The number of nitrogens with zero attached hydrogens (tertiary/aromatic N) is 2. The van der Waals surface area contributed by atoms with Crippen LogP contribution in [0.4, 0.5) is 13.2 Å². The van der Waals surface area contributed by atoms with Crippen molar-refractivity contribution in [3.63, 3.8) is 0 Å². The molecule has 0 amide bonds. The maximum Gasteiger partial charge on any atom is 0.146 e. The Kier molecular flexibility index (Phi) is 4.32. The zero-order valence-corrected chi connectivity index (χ0v) is 14.4. The summed E-state index contributed by atoms with van der Waals surface area (Å²) in [5, 5.41) is 0. The lowest BCUT2D eigenvalue weighted by Crippen LogP contribution is -2.05. The predicted molar refractivity (Wildman–Crippen MR) is 97.1 cm³/mol. The number of fused-ring (bicyclic) bond motifs is 1. The molecule has 0 spiro atoms. The Labute approximate surface area is 153 Å². The van der Waals surface area contributed by atoms with E-state index in [9.17, 15) is 13.2 Å². The van der Waals surface area contributed by atoms with Gasteiger partial charge in [-0.25, -0.2) is 18.2 Å². The third-order valence-corrected chi connectivity index (χ3v) is 4.41. The smallest absolute Gasteiger partial charge is 0.146 e. The first kappa shape index (κ1) is 17.1. The van der Waals surface area contributed by atoms with Crippen LogP contribution in [0, 0.1) is 17.5 Å². The van der Waals surface area contributed by atoms with Gasteiger partial charge >= 0.3 is 0 Å². The number of imidazole rings is 1. The third-order valence-electron chi connectivity index (χ3n) is 4.41. The molecule has 136 valence electrons. The molecule has 0 bridgehead atoms. The Hall–Kier alpha value is -3.28. The van der Waals surface area contributed by atoms with E-state index in [1.165, 1.54) is 13.2 Å². The summed E-state index contributed by atoms with van der Waals surface area (Å²) >= 11 is 0. The zero-order chi connectivity index (χ0) is 19.0. The van der Waals surface area contributed by atoms with Gasteiger partial charge in [0.05, 0.1) is 24.7 Å². The molecule has 0 saturated carbocycles. The molecule has 3 nitrogen and oxygen atoms in total. The molecule has 1 aromatic heterocycles. The molecule has 0 unspecified atom stereocenters. The topological polar surface area (TPSA) is 27.1 Å². The normalized spacial score (nSPS) is 11.1. The first-order valence-electron chi connectivity index (χ1n) is 8.30. The maximum atomic E-state index is 14.4. The first-order chi connectivity index (χ1) is 13.1. The molecular weight excluding hydrogens is 353 g/mol. The minimum atomic E-state index is -0.541. The Balaban J connectivity index is 1.98. The second-order valence-electron chi connectivity index (χ2n) is 6.07. The highest BCUT2D eigenvalue weighted by atomic mass is 19.1. The number of halogens is 3. The van der Waals surface area contributed by atoms with E-state index in [4.69, 9.17) is 4.74 Å². The van der Waals surface area contributed by atoms with Crippen molar-refractivity contribution < 1.29 is 17.9 Å². The molecule has 4 aromatic rings. The zero-order valence-electron chi connectivity index (χ0n) is 14.4. The lowest BCUT2D eigenvalue weighted by Gasteiger charge is -2.11. The lowest BCUT2D eigenvalue weighted by molar-refractivity contribution is 0.419. The van der Waals surface area contributed by atoms with Crippen LogP contribution < -0.4 is 4.74 Å². The largest absolute Gasteiger partial charge is 0.494 e. The van der Waals surface area contributed by atoms with Crippen molar-refractivity contribution in [3.8, 4) is 17.1 Å². The van der Waals surface area contributed by atoms with Crippen molar-refractivity contribution in [1.82, 2.24) is 9.55 Å². The Bertz CT molecular complexity index is 1140. The quantitative estimate of drug-likeness (QED) is 0.496. The van der Waals surface area contributed by atoms with Crippen LogP contribution in [-0.2, 0) is 6.54 Å². The van der Waals surface area contributed by atoms with E-state index >= 15 is 0 Å². The second kappa shape index (κ2) is 6.79. The van der Waals surface area contributed by atoms with E-state index in [2.05, 4.69) is 4.98 Å². The van der Waals surface area contributed by atoms with E-state index in [-0.39, 0.29) is 17.7 Å². The average molecular weight is 368 g/mol. The molecule has 0 saturated heterocycles. The van der Waals surface area contributed by atoms with Gasteiger partial charge in [0.2, 0.25) is 0 Å². The Morgan fingerprint density at radius 2 is 1.74 bits per heavy atom. The molecule has 0 N–H and O–H groups in total. The second-order valence-corrected chi connectivity index (χ2v) is 6.07. The van der Waals surface area contributed by atoms with Gasteiger partial charge in [-0.1, -0.05) is 18.2 Å². The van der Waals surface area contributed by atoms with Crippen LogP contribution in [0.5, 0.6) is 5.75 Å². The molecule has 0 radical (unpaired) electrons. The molecule has 1 heterocycles. The van der Waals surface area contributed by atoms with E-state index in [1.807, 2.05) is 0 Å². The molecule has 4 rings (SSSR count). The molecular formula is C21H15F3N2O. The number of hydrogen-bond acceptors (Lipinski definition) is 2. The summed E-state index contributed by atoms with van der Waals surface area (Å²) in [6.07, 6.45) is 0. The molecule has 0 aliphatic carbocycles. The van der Waals surface area contributed by atoms with Crippen LogP contribution in [0.3, 0.4) is 0 Å². The molecule has 27 heavy (non-hydrogen) atoms. The van der Waals surface area contributed by atoms with Crippen LogP contribution in [0.1, 0.15) is 5.56 Å². The number of methoxy groups -OCH3 is 1. The predicted octanol–water partition coefficient (Wildman–Crippen LogP) is 5.18. The summed E-state index contributed by atoms with van der Waals surface area (Å²) < 4.78 is 49.3. The van der Waals surface area contributed by atoms with Crippen molar-refractivity contribution in [2.45, 2.75) is 6.54 Å². The monoisotopic (exact) mass is 368 g/mol. The Morgan fingerprint density at radius 3 is 2.52 bits per heavy atom. The fraction of sp³-hybridized carbons (Fsp3) is 0.0952. The molecule has 6 heteroatoms. The number of benzene rings is 3. The highest BCUT2D eigenvalue weighted by Gasteiger charge is 2.19. The number of para-hydroxylation sites is 1. The number of ether oxygens (including phenoxy) is 1. The van der Waals surface area contributed by atoms with Gasteiger partial charge in [0.1, 0.15) is 34.5 Å². The molecule has 0 aliphatic rings. The minimum Gasteiger partial charge on any atom is -0.494 e. The fourth-order valence-corrected chi connectivity index (χ4v) is 3.13. The number of rotatable bonds is 4. The van der Waals surface area contributed by atoms with Crippen molar-refractivity contribution in [2.24, 2.45) is 0 Å². The molecule has 0 atom stereocenters. The summed E-state index contributed by atoms with van der Waals surface area (Å²) in [4.78, 5) is 4.54. The SMILES string of the molecule is COc1cccc2c1nc(-c1ccccc1F)n2Cc1cc(F)ccc1F. The summed E-state index contributed by atoms with van der Waals surface area (Å²) in [7, 11) is 1.52. The lowest BCUT2D eigenvalue weighted by atomic mass is 10.1. The molecule has 0 fully saturated rings. The molecule has 0 aliphatic heterocycles. The van der Waals surface area contributed by atoms with Gasteiger partial charge in [-0.3, -0.25) is 0 Å². The van der Waals surface area contributed by atoms with Crippen molar-refractivity contribution in [3.05, 3.63) is 83.7 Å². The van der Waals surface area contributed by atoms with Gasteiger partial charge in [0.25, 0.3) is 0 Å². The third kappa shape index (κ3) is 3.03. The summed E-state index contributed by atoms with van der Waals surface area (Å²) in [6, 6.07) is 14.8. The van der Waals surface area contributed by atoms with Crippen LogP contribution in [-0.4, -0.2) is 16.7 Å². The van der Waals surface area contributed by atoms with Crippen molar-refractivity contribution in [1.29, 1.82) is 0 Å². The van der Waals surface area contributed by atoms with Crippen molar-refractivity contribution >= 4 is 11.0 Å². The van der Waals surface area contributed by atoms with Crippen LogP contribution in [0.15, 0.2) is 60.7 Å². The van der Waals surface area contributed by atoms with E-state index in [1.54, 1.807) is 41.0 Å². The van der Waals surface area contributed by atoms with Gasteiger partial charge in [0.15, 0.2) is 0 Å². The van der Waals surface area contributed by atoms with Gasteiger partial charge in [-0.15, -0.1) is 0 Å². The fourth-order valence-electron chi connectivity index (χ4n) is 3.13. The number of aromatic nitrogens is 2. The first-order valence-corrected chi connectivity index (χ1v) is 8.30. The maximum absolute atomic E-state index is 14.4. The summed E-state index contributed by atoms with van der Waals surface area (Å²) in [5.74, 6) is -0.700. The minimum absolute atomic E-state index is 0.00305. The van der Waals surface area contributed by atoms with Gasteiger partial charge in [-0.05, 0) is 42.5 Å². The summed E-state index contributed by atoms with van der Waals surface area (Å²) in [5.41, 5.74) is 1.58. The van der Waals surface area contributed by atoms with Crippen LogP contribution in [0.2, 0.25) is 0 Å². The highest BCUT2D eigenvalue weighted by molar-refractivity contribution is 5.86. The van der Waals surface area contributed by atoms with Gasteiger partial charge < -0.3 is 9.30 Å². The van der Waals surface area contributed by atoms with Crippen LogP contribution >= 0.6 is 0 Å². The highest BCUT2D eigenvalue weighted by Crippen LogP contribution is 2.32. The molecule has 3 aromatic carbocycles. The standard InChI is InChI=1S/C21H15F3N2O/c1-27-19-8-4-7-18-20(19)25-21(15-5-2-3-6-17(15)24)26(18)12-13-11-14(22)9-10-16(13)23/h2-11H,12H2,1H3. The van der Waals surface area contributed by atoms with Crippen molar-refractivity contribution in [2.75, 3.05) is 7.11 Å². The summed E-state index contributed by atoms with van der Waals surface area (Å²) in [6.45, 7) is -0.00305. The van der Waals surface area contributed by atoms with Crippen LogP contribution in [0.25, 0.3) is 22.4 Å².